The van der Waals surface area contributed by atoms with E-state index in [1.54, 1.807) is 0 Å². The predicted octanol–water partition coefficient (Wildman–Crippen LogP) is 2.72. The lowest BCUT2D eigenvalue weighted by Crippen LogP contribution is -2.39. The fraction of sp³-hybridized carbons (Fsp3) is 0.615. The van der Waals surface area contributed by atoms with Crippen molar-refractivity contribution in [3.05, 3.63) is 24.0 Å². The van der Waals surface area contributed by atoms with Gasteiger partial charge in [0.15, 0.2) is 0 Å². The van der Waals surface area contributed by atoms with E-state index in [4.69, 9.17) is 9.47 Å². The molecular weight excluding hydrogens is 204 g/mol. The number of fused-ring (bicyclic) bond motifs is 2. The van der Waals surface area contributed by atoms with Gasteiger partial charge in [0.25, 0.3) is 0 Å². The number of ether oxygens (including phenoxy) is 2. The highest BCUT2D eigenvalue weighted by atomic mass is 16.6. The van der Waals surface area contributed by atoms with E-state index in [-0.39, 0.29) is 17.2 Å². The summed E-state index contributed by atoms with van der Waals surface area (Å²) in [7, 11) is 0. The molecule has 88 valence electrons. The maximum atomic E-state index is 11.0. The van der Waals surface area contributed by atoms with E-state index < -0.39 is 0 Å². The number of hydrogen-bond acceptors (Lipinski definition) is 3. The molecule has 0 aromatic rings. The zero-order chi connectivity index (χ0) is 11.8. The zero-order valence-electron chi connectivity index (χ0n) is 10.1. The fourth-order valence-electron chi connectivity index (χ4n) is 2.39. The summed E-state index contributed by atoms with van der Waals surface area (Å²) in [5, 5.41) is 0. The molecule has 16 heavy (non-hydrogen) atoms. The molecule has 0 aromatic carbocycles. The van der Waals surface area contributed by atoms with Crippen LogP contribution in [0.15, 0.2) is 24.0 Å². The van der Waals surface area contributed by atoms with E-state index in [9.17, 15) is 4.79 Å². The minimum absolute atomic E-state index is 0.259. The molecular formula is C13H18O3. The van der Waals surface area contributed by atoms with Crippen molar-refractivity contribution < 1.29 is 14.3 Å². The Morgan fingerprint density at radius 3 is 2.75 bits per heavy atom. The van der Waals surface area contributed by atoms with Crippen LogP contribution in [0.3, 0.4) is 0 Å². The molecule has 2 aliphatic rings. The Balaban J connectivity index is 2.29. The van der Waals surface area contributed by atoms with Crippen LogP contribution in [-0.2, 0) is 14.3 Å². The average Bonchev–Trinajstić information content (AvgIpc) is 2.52. The number of esters is 1. The van der Waals surface area contributed by atoms with E-state index in [1.807, 2.05) is 6.08 Å². The van der Waals surface area contributed by atoms with Crippen molar-refractivity contribution in [1.82, 2.24) is 0 Å². The molecule has 0 radical (unpaired) electrons. The van der Waals surface area contributed by atoms with Gasteiger partial charge in [-0.2, -0.15) is 0 Å². The van der Waals surface area contributed by atoms with Crippen LogP contribution in [0.25, 0.3) is 0 Å². The van der Waals surface area contributed by atoms with Crippen LogP contribution in [0, 0.1) is 0 Å². The summed E-state index contributed by atoms with van der Waals surface area (Å²) in [5.41, 5.74) is -0.630. The third-order valence-corrected chi connectivity index (χ3v) is 3.37. The molecule has 3 heteroatoms. The van der Waals surface area contributed by atoms with Crippen LogP contribution >= 0.6 is 0 Å². The Morgan fingerprint density at radius 2 is 2.19 bits per heavy atom. The summed E-state index contributed by atoms with van der Waals surface area (Å²) in [6, 6.07) is 0. The molecule has 0 aliphatic carbocycles. The van der Waals surface area contributed by atoms with Crippen molar-refractivity contribution in [3.8, 4) is 0 Å². The summed E-state index contributed by atoms with van der Waals surface area (Å²) in [6.07, 6.45) is 8.55. The topological polar surface area (TPSA) is 35.5 Å². The lowest BCUT2D eigenvalue weighted by molar-refractivity contribution is -0.140. The van der Waals surface area contributed by atoms with E-state index >= 15 is 0 Å². The Hall–Kier alpha value is -1.09. The molecule has 0 saturated heterocycles. The molecule has 3 nitrogen and oxygen atoms in total. The van der Waals surface area contributed by atoms with Gasteiger partial charge in [0.2, 0.25) is 0 Å². The molecule has 2 aliphatic heterocycles. The minimum atomic E-state index is -0.362. The van der Waals surface area contributed by atoms with Gasteiger partial charge in [-0.3, -0.25) is 4.79 Å². The van der Waals surface area contributed by atoms with Crippen molar-refractivity contribution in [2.75, 3.05) is 0 Å². The van der Waals surface area contributed by atoms with Crippen molar-refractivity contribution in [3.63, 3.8) is 0 Å². The summed E-state index contributed by atoms with van der Waals surface area (Å²) in [4.78, 5) is 11.0. The van der Waals surface area contributed by atoms with Gasteiger partial charge >= 0.3 is 5.97 Å². The first-order valence-corrected chi connectivity index (χ1v) is 5.84. The predicted molar refractivity (Wildman–Crippen MR) is 60.7 cm³/mol. The van der Waals surface area contributed by atoms with Crippen LogP contribution in [0.4, 0.5) is 0 Å². The number of carbonyl (C=O) groups is 1. The lowest BCUT2D eigenvalue weighted by atomic mass is 9.93. The smallest absolute Gasteiger partial charge is 0.307 e. The highest BCUT2D eigenvalue weighted by molar-refractivity contribution is 5.67. The van der Waals surface area contributed by atoms with Gasteiger partial charge in [-0.1, -0.05) is 19.9 Å². The van der Waals surface area contributed by atoms with Crippen LogP contribution in [0.1, 0.15) is 40.0 Å². The molecule has 0 unspecified atom stereocenters. The molecule has 0 N–H and O–H groups in total. The molecule has 2 atom stereocenters. The number of hydrogen-bond donors (Lipinski definition) is 0. The van der Waals surface area contributed by atoms with Gasteiger partial charge in [0.1, 0.15) is 11.4 Å². The van der Waals surface area contributed by atoms with E-state index in [0.29, 0.717) is 6.42 Å². The normalized spacial score (nSPS) is 36.1. The first kappa shape index (κ1) is 11.4. The highest BCUT2D eigenvalue weighted by Gasteiger charge is 2.46. The number of rotatable bonds is 3. The van der Waals surface area contributed by atoms with Crippen molar-refractivity contribution in [2.45, 2.75) is 51.2 Å². The number of carbonyl (C=O) groups excluding carboxylic acids is 1. The Kier molecular flexibility index (Phi) is 2.66. The van der Waals surface area contributed by atoms with Crippen LogP contribution in [0.2, 0.25) is 0 Å². The van der Waals surface area contributed by atoms with Gasteiger partial charge in [-0.25, -0.2) is 0 Å². The second-order valence-electron chi connectivity index (χ2n) is 4.54. The van der Waals surface area contributed by atoms with Crippen LogP contribution in [0.5, 0.6) is 0 Å². The average molecular weight is 222 g/mol. The first-order chi connectivity index (χ1) is 7.53. The van der Waals surface area contributed by atoms with Crippen molar-refractivity contribution in [1.29, 1.82) is 0 Å². The van der Waals surface area contributed by atoms with E-state index in [0.717, 1.165) is 18.6 Å². The van der Waals surface area contributed by atoms with Gasteiger partial charge in [-0.05, 0) is 25.0 Å². The molecule has 2 rings (SSSR count). The first-order valence-electron chi connectivity index (χ1n) is 5.84. The molecule has 0 saturated carbocycles. The molecule has 0 amide bonds. The standard InChI is InChI=1S/C13H18O3/c1-4-12-6-7-13(5-2,16-12)9-11(8-12)15-10(3)14/h6-8H,4-5,9H2,1-3H3/t12-,13+/m1/s1. The Labute approximate surface area is 96.1 Å². The van der Waals surface area contributed by atoms with Gasteiger partial charge in [-0.15, -0.1) is 0 Å². The molecule has 0 aromatic heterocycles. The van der Waals surface area contributed by atoms with Crippen LogP contribution < -0.4 is 0 Å². The maximum absolute atomic E-state index is 11.0. The van der Waals surface area contributed by atoms with Gasteiger partial charge in [0, 0.05) is 13.3 Å². The summed E-state index contributed by atoms with van der Waals surface area (Å²) < 4.78 is 11.3. The van der Waals surface area contributed by atoms with E-state index in [1.165, 1.54) is 6.92 Å². The molecule has 2 bridgehead atoms. The molecule has 2 heterocycles. The third kappa shape index (κ3) is 1.80. The van der Waals surface area contributed by atoms with Crippen molar-refractivity contribution >= 4 is 5.97 Å². The Bertz CT molecular complexity index is 369. The minimum Gasteiger partial charge on any atom is -0.431 e. The maximum Gasteiger partial charge on any atom is 0.307 e. The van der Waals surface area contributed by atoms with Crippen LogP contribution in [-0.4, -0.2) is 17.2 Å². The summed E-state index contributed by atoms with van der Waals surface area (Å²) >= 11 is 0. The second kappa shape index (κ2) is 3.74. The van der Waals surface area contributed by atoms with Gasteiger partial charge in [0.05, 0.1) is 5.60 Å². The molecule has 0 spiro atoms. The zero-order valence-corrected chi connectivity index (χ0v) is 10.1. The highest BCUT2D eigenvalue weighted by Crippen LogP contribution is 2.45. The quantitative estimate of drug-likeness (QED) is 0.544. The lowest BCUT2D eigenvalue weighted by Gasteiger charge is -2.37. The SMILES string of the molecule is CC[C@@]12C=C[C@@](CC)(CC(OC(C)=O)=C1)O2. The third-order valence-electron chi connectivity index (χ3n) is 3.37. The Morgan fingerprint density at radius 1 is 1.44 bits per heavy atom. The summed E-state index contributed by atoms with van der Waals surface area (Å²) in [5.74, 6) is 0.484. The van der Waals surface area contributed by atoms with E-state index in [2.05, 4.69) is 26.0 Å². The summed E-state index contributed by atoms with van der Waals surface area (Å²) in [6.45, 7) is 5.60. The fourth-order valence-corrected chi connectivity index (χ4v) is 2.39. The monoisotopic (exact) mass is 222 g/mol. The molecule has 0 fully saturated rings. The largest absolute Gasteiger partial charge is 0.431 e. The second-order valence-corrected chi connectivity index (χ2v) is 4.54. The van der Waals surface area contributed by atoms with Gasteiger partial charge < -0.3 is 9.47 Å². The van der Waals surface area contributed by atoms with Crippen molar-refractivity contribution in [2.24, 2.45) is 0 Å².